The molecule has 5 nitrogen and oxygen atoms in total. The average molecular weight is 240 g/mol. The van der Waals surface area contributed by atoms with E-state index in [1.807, 2.05) is 21.1 Å². The fraction of sp³-hybridized carbons (Fsp3) is 1.00. The van der Waals surface area contributed by atoms with Crippen LogP contribution in [-0.2, 0) is 14.3 Å². The van der Waals surface area contributed by atoms with E-state index in [-0.39, 0.29) is 12.4 Å². The van der Waals surface area contributed by atoms with Gasteiger partial charge in [0, 0.05) is 0 Å². The lowest BCUT2D eigenvalue weighted by Gasteiger charge is -2.23. The summed E-state index contributed by atoms with van der Waals surface area (Å²) in [7, 11) is 2.29. The summed E-state index contributed by atoms with van der Waals surface area (Å²) in [6.45, 7) is 2.50. The van der Waals surface area contributed by atoms with E-state index in [2.05, 4.69) is 0 Å². The molecule has 15 heavy (non-hydrogen) atoms. The first-order chi connectivity index (χ1) is 6.66. The van der Waals surface area contributed by atoms with Gasteiger partial charge in [0.1, 0.15) is 18.9 Å². The van der Waals surface area contributed by atoms with Gasteiger partial charge in [0.25, 0.3) is 10.1 Å². The molecular weight excluding hydrogens is 218 g/mol. The molecule has 1 N–H and O–H groups in total. The summed E-state index contributed by atoms with van der Waals surface area (Å²) in [6.07, 6.45) is -0.420. The zero-order valence-electron chi connectivity index (χ0n) is 9.93. The Morgan fingerprint density at radius 1 is 1.33 bits per heavy atom. The molecular formula is C9H22NO4S+. The first-order valence-electron chi connectivity index (χ1n) is 5.02. The van der Waals surface area contributed by atoms with Crippen LogP contribution >= 0.6 is 0 Å². The van der Waals surface area contributed by atoms with Gasteiger partial charge in [-0.15, -0.1) is 0 Å². The highest BCUT2D eigenvalue weighted by Crippen LogP contribution is 2.01. The number of quaternary nitrogens is 1. The van der Waals surface area contributed by atoms with E-state index >= 15 is 0 Å². The molecule has 0 aliphatic carbocycles. The molecule has 0 aliphatic rings. The molecule has 0 radical (unpaired) electrons. The topological polar surface area (TPSA) is 63.6 Å². The first kappa shape index (κ1) is 14.8. The first-order valence-corrected chi connectivity index (χ1v) is 6.59. The summed E-state index contributed by atoms with van der Waals surface area (Å²) in [4.78, 5) is 0. The van der Waals surface area contributed by atoms with Gasteiger partial charge in [0.05, 0.1) is 27.2 Å². The number of aliphatic hydroxyl groups is 1. The van der Waals surface area contributed by atoms with Crippen molar-refractivity contribution in [2.75, 3.05) is 40.0 Å². The van der Waals surface area contributed by atoms with Crippen molar-refractivity contribution in [1.29, 1.82) is 0 Å². The van der Waals surface area contributed by atoms with Crippen molar-refractivity contribution < 1.29 is 22.2 Å². The Morgan fingerprint density at radius 2 is 1.87 bits per heavy atom. The zero-order valence-corrected chi connectivity index (χ0v) is 10.7. The van der Waals surface area contributed by atoms with Gasteiger partial charge in [-0.25, -0.2) is 0 Å². The molecule has 0 spiro atoms. The van der Waals surface area contributed by atoms with Gasteiger partial charge < -0.3 is 9.59 Å². The summed E-state index contributed by atoms with van der Waals surface area (Å²) in [5.74, 6) is -0.319. The van der Waals surface area contributed by atoms with Crippen LogP contribution in [0.5, 0.6) is 0 Å². The van der Waals surface area contributed by atoms with Crippen LogP contribution in [0.3, 0.4) is 0 Å². The maximum Gasteiger partial charge on any atom is 0.270 e. The van der Waals surface area contributed by atoms with E-state index < -0.39 is 16.2 Å². The third kappa shape index (κ3) is 8.80. The van der Waals surface area contributed by atoms with Crippen molar-refractivity contribution >= 4 is 10.1 Å². The van der Waals surface area contributed by atoms with Crippen LogP contribution in [0, 0.1) is 0 Å². The van der Waals surface area contributed by atoms with Crippen LogP contribution in [0.4, 0.5) is 0 Å². The van der Waals surface area contributed by atoms with Gasteiger partial charge in [-0.05, 0) is 6.42 Å². The highest BCUT2D eigenvalue weighted by Gasteiger charge is 2.18. The Kier molecular flexibility index (Phi) is 5.72. The van der Waals surface area contributed by atoms with Crippen LogP contribution in [0.2, 0.25) is 0 Å². The van der Waals surface area contributed by atoms with E-state index in [9.17, 15) is 13.5 Å². The standard InChI is InChI=1S/C9H22NO4S/c1-5-9(11)8-15(12,13)14-7-6-10(2,3)4/h9,11H,5-8H2,1-4H3/q+1. The highest BCUT2D eigenvalue weighted by molar-refractivity contribution is 7.86. The van der Waals surface area contributed by atoms with Gasteiger partial charge in [0.2, 0.25) is 0 Å². The Morgan fingerprint density at radius 3 is 2.27 bits per heavy atom. The van der Waals surface area contributed by atoms with Gasteiger partial charge in [-0.1, -0.05) is 6.92 Å². The molecule has 0 fully saturated rings. The Hall–Kier alpha value is -0.170. The lowest BCUT2D eigenvalue weighted by Crippen LogP contribution is -2.38. The van der Waals surface area contributed by atoms with Crippen LogP contribution in [-0.4, -0.2) is 64.2 Å². The fourth-order valence-electron chi connectivity index (χ4n) is 0.840. The number of likely N-dealkylation sites (N-methyl/N-ethyl adjacent to an activating group) is 1. The predicted molar refractivity (Wildman–Crippen MR) is 58.9 cm³/mol. The van der Waals surface area contributed by atoms with E-state index in [4.69, 9.17) is 4.18 Å². The summed E-state index contributed by atoms with van der Waals surface area (Å²) < 4.78 is 28.0. The third-order valence-corrected chi connectivity index (χ3v) is 3.21. The lowest BCUT2D eigenvalue weighted by molar-refractivity contribution is -0.870. The monoisotopic (exact) mass is 240 g/mol. The second-order valence-electron chi connectivity index (χ2n) is 4.62. The average Bonchev–Trinajstić information content (AvgIpc) is 2.00. The Bertz CT molecular complexity index is 268. The summed E-state index contributed by atoms with van der Waals surface area (Å²) in [6, 6.07) is 0. The second kappa shape index (κ2) is 5.79. The molecule has 0 heterocycles. The number of nitrogens with zero attached hydrogens (tertiary/aromatic N) is 1. The van der Waals surface area contributed by atoms with E-state index in [1.54, 1.807) is 6.92 Å². The van der Waals surface area contributed by atoms with Crippen molar-refractivity contribution in [3.63, 3.8) is 0 Å². The van der Waals surface area contributed by atoms with Crippen LogP contribution in [0.15, 0.2) is 0 Å². The molecule has 1 atom stereocenters. The minimum Gasteiger partial charge on any atom is -0.392 e. The van der Waals surface area contributed by atoms with Crippen LogP contribution in [0.1, 0.15) is 13.3 Å². The van der Waals surface area contributed by atoms with Crippen molar-refractivity contribution in [2.24, 2.45) is 0 Å². The number of aliphatic hydroxyl groups excluding tert-OH is 1. The molecule has 0 aromatic rings. The highest BCUT2D eigenvalue weighted by atomic mass is 32.2. The molecule has 0 rings (SSSR count). The molecule has 0 aromatic carbocycles. The van der Waals surface area contributed by atoms with Crippen LogP contribution < -0.4 is 0 Å². The van der Waals surface area contributed by atoms with Crippen molar-refractivity contribution in [3.8, 4) is 0 Å². The van der Waals surface area contributed by atoms with E-state index in [1.165, 1.54) is 0 Å². The smallest absolute Gasteiger partial charge is 0.270 e. The third-order valence-electron chi connectivity index (χ3n) is 1.89. The molecule has 6 heteroatoms. The molecule has 1 unspecified atom stereocenters. The minimum absolute atomic E-state index is 0.155. The second-order valence-corrected chi connectivity index (χ2v) is 6.31. The lowest BCUT2D eigenvalue weighted by atomic mass is 10.3. The van der Waals surface area contributed by atoms with Crippen LogP contribution in [0.25, 0.3) is 0 Å². The Balaban J connectivity index is 3.96. The molecule has 0 aromatic heterocycles. The van der Waals surface area contributed by atoms with Crippen molar-refractivity contribution in [1.82, 2.24) is 0 Å². The minimum atomic E-state index is -3.58. The van der Waals surface area contributed by atoms with E-state index in [0.29, 0.717) is 17.4 Å². The van der Waals surface area contributed by atoms with Gasteiger partial charge in [-0.2, -0.15) is 8.42 Å². The fourth-order valence-corrected chi connectivity index (χ4v) is 1.97. The summed E-state index contributed by atoms with van der Waals surface area (Å²) in [5, 5.41) is 9.19. The van der Waals surface area contributed by atoms with Gasteiger partial charge in [0.15, 0.2) is 0 Å². The van der Waals surface area contributed by atoms with Crippen molar-refractivity contribution in [3.05, 3.63) is 0 Å². The Labute approximate surface area is 92.4 Å². The number of hydrogen-bond donors (Lipinski definition) is 1. The quantitative estimate of drug-likeness (QED) is 0.495. The normalized spacial score (nSPS) is 15.3. The predicted octanol–water partition coefficient (Wildman–Crippen LogP) is -0.190. The molecule has 0 saturated carbocycles. The molecule has 0 amide bonds. The SMILES string of the molecule is CCC(O)CS(=O)(=O)OCC[N+](C)(C)C. The van der Waals surface area contributed by atoms with E-state index in [0.717, 1.165) is 0 Å². The van der Waals surface area contributed by atoms with Gasteiger partial charge in [-0.3, -0.25) is 4.18 Å². The maximum absolute atomic E-state index is 11.3. The molecule has 92 valence electrons. The molecule has 0 aliphatic heterocycles. The maximum atomic E-state index is 11.3. The summed E-state index contributed by atoms with van der Waals surface area (Å²) in [5.41, 5.74) is 0. The largest absolute Gasteiger partial charge is 0.392 e. The zero-order chi connectivity index (χ0) is 12.1. The molecule has 0 bridgehead atoms. The van der Waals surface area contributed by atoms with Gasteiger partial charge >= 0.3 is 0 Å². The number of hydrogen-bond acceptors (Lipinski definition) is 4. The molecule has 0 saturated heterocycles. The van der Waals surface area contributed by atoms with Crippen molar-refractivity contribution in [2.45, 2.75) is 19.4 Å². The summed E-state index contributed by atoms with van der Waals surface area (Å²) >= 11 is 0. The number of rotatable bonds is 7.